The summed E-state index contributed by atoms with van der Waals surface area (Å²) in [4.78, 5) is 2.30. The number of benzene rings is 3. The van der Waals surface area contributed by atoms with Crippen LogP contribution in [0.1, 0.15) is 18.4 Å². The smallest absolute Gasteiger partial charge is 0.188 e. The van der Waals surface area contributed by atoms with E-state index in [-0.39, 0.29) is 18.3 Å². The predicted molar refractivity (Wildman–Crippen MR) is 114 cm³/mol. The van der Waals surface area contributed by atoms with Gasteiger partial charge in [-0.3, -0.25) is 0 Å². The van der Waals surface area contributed by atoms with Gasteiger partial charge in [0.2, 0.25) is 0 Å². The second-order valence-electron chi connectivity index (χ2n) is 7.70. The summed E-state index contributed by atoms with van der Waals surface area (Å²) in [5.74, 6) is -1.55. The molecule has 0 unspecified atom stereocenters. The third-order valence-corrected chi connectivity index (χ3v) is 5.47. The number of ether oxygens (including phenoxy) is 2. The number of hydrogen-bond acceptors (Lipinski definition) is 4. The Balaban J connectivity index is 1.43. The minimum atomic E-state index is -1.00. The number of piperidine rings is 1. The molecular formula is C25H24F2NO3. The van der Waals surface area contributed by atoms with E-state index in [1.54, 1.807) is 18.2 Å². The van der Waals surface area contributed by atoms with Crippen molar-refractivity contribution < 1.29 is 23.4 Å². The van der Waals surface area contributed by atoms with Crippen LogP contribution in [0, 0.1) is 17.7 Å². The quantitative estimate of drug-likeness (QED) is 0.591. The lowest BCUT2D eigenvalue weighted by Gasteiger charge is -2.29. The number of likely N-dealkylation sites (tertiary alicyclic amines) is 1. The summed E-state index contributed by atoms with van der Waals surface area (Å²) in [6.45, 7) is 2.21. The minimum absolute atomic E-state index is 0.0937. The van der Waals surface area contributed by atoms with Gasteiger partial charge in [-0.25, -0.2) is 8.78 Å². The normalized spacial score (nSPS) is 15.1. The number of phenolic OH excluding ortho intramolecular Hbond substituents is 1. The summed E-state index contributed by atoms with van der Waals surface area (Å²) in [6.07, 6.45) is 2.25. The van der Waals surface area contributed by atoms with Crippen LogP contribution in [0.3, 0.4) is 0 Å². The van der Waals surface area contributed by atoms with E-state index >= 15 is 0 Å². The maximum Gasteiger partial charge on any atom is 0.188 e. The Labute approximate surface area is 180 Å². The van der Waals surface area contributed by atoms with E-state index in [9.17, 15) is 13.9 Å². The highest BCUT2D eigenvalue weighted by Gasteiger charge is 2.18. The average molecular weight is 424 g/mol. The molecule has 161 valence electrons. The molecule has 0 aromatic heterocycles. The molecule has 1 heterocycles. The summed E-state index contributed by atoms with van der Waals surface area (Å²) < 4.78 is 39.7. The Kier molecular flexibility index (Phi) is 6.37. The molecule has 1 aliphatic heterocycles. The summed E-state index contributed by atoms with van der Waals surface area (Å²) in [5, 5.41) is 9.60. The topological polar surface area (TPSA) is 41.9 Å². The van der Waals surface area contributed by atoms with Gasteiger partial charge >= 0.3 is 0 Å². The first-order valence-corrected chi connectivity index (χ1v) is 10.3. The summed E-state index contributed by atoms with van der Waals surface area (Å²) in [5.41, 5.74) is 1.17. The van der Waals surface area contributed by atoms with E-state index in [0.717, 1.165) is 37.7 Å². The van der Waals surface area contributed by atoms with E-state index in [1.165, 1.54) is 6.07 Å². The van der Waals surface area contributed by atoms with Gasteiger partial charge in [0, 0.05) is 24.2 Å². The number of hydrogen-bond donors (Lipinski definition) is 1. The molecule has 0 spiro atoms. The lowest BCUT2D eigenvalue weighted by atomic mass is 9.99. The monoisotopic (exact) mass is 424 g/mol. The molecule has 0 atom stereocenters. The molecular weight excluding hydrogens is 400 g/mol. The highest BCUT2D eigenvalue weighted by molar-refractivity contribution is 5.69. The van der Waals surface area contributed by atoms with Gasteiger partial charge < -0.3 is 19.5 Å². The van der Waals surface area contributed by atoms with Gasteiger partial charge in [0.25, 0.3) is 0 Å². The number of aromatic hydroxyl groups is 1. The van der Waals surface area contributed by atoms with E-state index < -0.39 is 17.4 Å². The highest BCUT2D eigenvalue weighted by atomic mass is 19.1. The van der Waals surface area contributed by atoms with E-state index in [0.29, 0.717) is 16.9 Å². The Hall–Kier alpha value is -3.12. The van der Waals surface area contributed by atoms with Crippen molar-refractivity contribution in [3.63, 3.8) is 0 Å². The molecule has 1 aliphatic rings. The molecule has 0 bridgehead atoms. The molecule has 1 saturated heterocycles. The largest absolute Gasteiger partial charge is 0.503 e. The highest BCUT2D eigenvalue weighted by Crippen LogP contribution is 2.33. The number of halogens is 2. The first-order valence-electron chi connectivity index (χ1n) is 10.3. The Bertz CT molecular complexity index is 1030. The first-order chi connectivity index (χ1) is 15.0. The SMILES string of the molecule is CN1CCC(Oc2ccc(OCc3[c]cccc3-c3ccc(F)c(O)c3F)cc2)CC1. The van der Waals surface area contributed by atoms with Crippen LogP contribution >= 0.6 is 0 Å². The van der Waals surface area contributed by atoms with Crippen LogP contribution in [0.4, 0.5) is 8.78 Å². The molecule has 4 rings (SSSR count). The van der Waals surface area contributed by atoms with E-state index in [2.05, 4.69) is 18.0 Å². The number of nitrogens with zero attached hydrogens (tertiary/aromatic N) is 1. The lowest BCUT2D eigenvalue weighted by molar-refractivity contribution is 0.114. The van der Waals surface area contributed by atoms with Crippen molar-refractivity contribution in [3.05, 3.63) is 77.9 Å². The van der Waals surface area contributed by atoms with Gasteiger partial charge in [-0.1, -0.05) is 18.2 Å². The van der Waals surface area contributed by atoms with E-state index in [4.69, 9.17) is 9.47 Å². The Morgan fingerprint density at radius 2 is 1.71 bits per heavy atom. The fraction of sp³-hybridized carbons (Fsp3) is 0.280. The van der Waals surface area contributed by atoms with E-state index in [1.807, 2.05) is 24.3 Å². The molecule has 0 amide bonds. The third kappa shape index (κ3) is 4.97. The lowest BCUT2D eigenvalue weighted by Crippen LogP contribution is -2.35. The van der Waals surface area contributed by atoms with Gasteiger partial charge in [-0.05, 0) is 67.9 Å². The van der Waals surface area contributed by atoms with Gasteiger partial charge in [-0.2, -0.15) is 0 Å². The first kappa shape index (κ1) is 21.1. The number of phenols is 1. The van der Waals surface area contributed by atoms with Gasteiger partial charge in [0.05, 0.1) is 0 Å². The summed E-state index contributed by atoms with van der Waals surface area (Å²) in [6, 6.07) is 17.9. The second-order valence-corrected chi connectivity index (χ2v) is 7.70. The molecule has 1 radical (unpaired) electrons. The van der Waals surface area contributed by atoms with Crippen molar-refractivity contribution in [2.45, 2.75) is 25.6 Å². The average Bonchev–Trinajstić information content (AvgIpc) is 2.79. The molecule has 6 heteroatoms. The zero-order chi connectivity index (χ0) is 21.8. The zero-order valence-corrected chi connectivity index (χ0v) is 17.3. The predicted octanol–water partition coefficient (Wildman–Crippen LogP) is 5.19. The van der Waals surface area contributed by atoms with Crippen LogP contribution in [0.5, 0.6) is 17.2 Å². The van der Waals surface area contributed by atoms with Crippen LogP contribution in [-0.2, 0) is 6.61 Å². The maximum absolute atomic E-state index is 14.4. The standard InChI is InChI=1S/C25H24F2NO3/c1-28-14-12-20(13-15-28)31-19-8-6-18(7-9-19)30-16-17-4-2-3-5-21(17)22-10-11-23(26)25(29)24(22)27/h2-3,5-11,20,29H,12-16H2,1H3. The van der Waals surface area contributed by atoms with Crippen molar-refractivity contribution in [1.29, 1.82) is 0 Å². The van der Waals surface area contributed by atoms with Crippen LogP contribution in [0.25, 0.3) is 11.1 Å². The molecule has 3 aromatic rings. The van der Waals surface area contributed by atoms with Gasteiger partial charge in [-0.15, -0.1) is 0 Å². The molecule has 4 nitrogen and oxygen atoms in total. The van der Waals surface area contributed by atoms with Crippen LogP contribution in [0.15, 0.2) is 54.6 Å². The Morgan fingerprint density at radius 3 is 2.45 bits per heavy atom. The van der Waals surface area contributed by atoms with Crippen molar-refractivity contribution >= 4 is 0 Å². The summed E-state index contributed by atoms with van der Waals surface area (Å²) >= 11 is 0. The van der Waals surface area contributed by atoms with Gasteiger partial charge in [0.1, 0.15) is 24.2 Å². The fourth-order valence-electron chi connectivity index (χ4n) is 3.66. The molecule has 3 aromatic carbocycles. The fourth-order valence-corrected chi connectivity index (χ4v) is 3.66. The summed E-state index contributed by atoms with van der Waals surface area (Å²) in [7, 11) is 2.12. The Morgan fingerprint density at radius 1 is 1.00 bits per heavy atom. The number of rotatable bonds is 6. The van der Waals surface area contributed by atoms with Crippen LogP contribution < -0.4 is 9.47 Å². The van der Waals surface area contributed by atoms with Crippen molar-refractivity contribution in [3.8, 4) is 28.4 Å². The zero-order valence-electron chi connectivity index (χ0n) is 17.3. The maximum atomic E-state index is 14.4. The van der Waals surface area contributed by atoms with Crippen LogP contribution in [0.2, 0.25) is 0 Å². The molecule has 0 aliphatic carbocycles. The minimum Gasteiger partial charge on any atom is -0.503 e. The second kappa shape index (κ2) is 9.35. The molecule has 31 heavy (non-hydrogen) atoms. The van der Waals surface area contributed by atoms with Gasteiger partial charge in [0.15, 0.2) is 17.4 Å². The van der Waals surface area contributed by atoms with Crippen molar-refractivity contribution in [2.24, 2.45) is 0 Å². The van der Waals surface area contributed by atoms with Crippen molar-refractivity contribution in [1.82, 2.24) is 4.90 Å². The van der Waals surface area contributed by atoms with Crippen LogP contribution in [-0.4, -0.2) is 36.2 Å². The third-order valence-electron chi connectivity index (χ3n) is 5.47. The molecule has 1 fully saturated rings. The molecule has 1 N–H and O–H groups in total. The molecule has 0 saturated carbocycles. The van der Waals surface area contributed by atoms with Crippen molar-refractivity contribution in [2.75, 3.05) is 20.1 Å².